The van der Waals surface area contributed by atoms with Gasteiger partial charge in [-0.1, -0.05) is 18.3 Å². The summed E-state index contributed by atoms with van der Waals surface area (Å²) in [5, 5.41) is 3.12. The maximum Gasteiger partial charge on any atom is 0.219 e. The number of anilines is 1. The molecule has 0 spiro atoms. The predicted octanol–water partition coefficient (Wildman–Crippen LogP) is 0.782. The van der Waals surface area contributed by atoms with E-state index in [2.05, 4.69) is 10.3 Å². The molecule has 6 heteroatoms. The molecule has 1 heterocycles. The van der Waals surface area contributed by atoms with E-state index in [-0.39, 0.29) is 17.3 Å². The molecule has 0 aliphatic rings. The van der Waals surface area contributed by atoms with Crippen molar-refractivity contribution in [3.8, 4) is 0 Å². The number of amides is 1. The van der Waals surface area contributed by atoms with Crippen LogP contribution >= 0.6 is 12.2 Å². The molecule has 0 fully saturated rings. The Morgan fingerprint density at radius 2 is 2.12 bits per heavy atom. The zero-order valence-corrected chi connectivity index (χ0v) is 10.7. The molecule has 5 N–H and O–H groups in total. The third-order valence-electron chi connectivity index (χ3n) is 2.08. The Hall–Kier alpha value is -1.69. The van der Waals surface area contributed by atoms with E-state index in [0.717, 1.165) is 0 Å². The van der Waals surface area contributed by atoms with Gasteiger partial charge < -0.3 is 16.8 Å². The van der Waals surface area contributed by atoms with Crippen molar-refractivity contribution in [3.05, 3.63) is 23.9 Å². The summed E-state index contributed by atoms with van der Waals surface area (Å²) in [6, 6.07) is 5.31. The van der Waals surface area contributed by atoms with Gasteiger partial charge in [0.15, 0.2) is 0 Å². The molecule has 0 bridgehead atoms. The Morgan fingerprint density at radius 3 is 2.65 bits per heavy atom. The minimum atomic E-state index is -0.465. The van der Waals surface area contributed by atoms with Gasteiger partial charge in [-0.05, 0) is 26.0 Å². The van der Waals surface area contributed by atoms with Gasteiger partial charge in [0.1, 0.15) is 10.8 Å². The number of hydrogen-bond donors (Lipinski definition) is 3. The number of nitrogens with zero attached hydrogens (tertiary/aromatic N) is 1. The van der Waals surface area contributed by atoms with Crippen LogP contribution in [0.4, 0.5) is 5.82 Å². The lowest BCUT2D eigenvalue weighted by molar-refractivity contribution is -0.118. The minimum absolute atomic E-state index is 0.214. The second-order valence-electron chi connectivity index (χ2n) is 4.42. The number of hydrogen-bond acceptors (Lipinski definition) is 4. The zero-order chi connectivity index (χ0) is 13.1. The predicted molar refractivity (Wildman–Crippen MR) is 71.6 cm³/mol. The molecule has 17 heavy (non-hydrogen) atoms. The average Bonchev–Trinajstić information content (AvgIpc) is 2.14. The maximum absolute atomic E-state index is 10.9. The van der Waals surface area contributed by atoms with Crippen molar-refractivity contribution >= 4 is 28.9 Å². The van der Waals surface area contributed by atoms with Crippen LogP contribution in [-0.2, 0) is 4.79 Å². The van der Waals surface area contributed by atoms with Gasteiger partial charge in [-0.2, -0.15) is 0 Å². The molecule has 5 nitrogen and oxygen atoms in total. The number of thiocarbonyl (C=S) groups is 1. The van der Waals surface area contributed by atoms with Crippen LogP contribution in [0.1, 0.15) is 26.0 Å². The van der Waals surface area contributed by atoms with E-state index in [1.165, 1.54) is 0 Å². The topological polar surface area (TPSA) is 94.0 Å². The van der Waals surface area contributed by atoms with Crippen molar-refractivity contribution in [2.24, 2.45) is 11.5 Å². The van der Waals surface area contributed by atoms with Crippen molar-refractivity contribution in [2.75, 3.05) is 5.32 Å². The molecule has 0 unspecified atom stereocenters. The summed E-state index contributed by atoms with van der Waals surface area (Å²) in [5.41, 5.74) is 10.7. The van der Waals surface area contributed by atoms with Crippen molar-refractivity contribution in [1.82, 2.24) is 4.98 Å². The molecular formula is C11H16N4OS. The van der Waals surface area contributed by atoms with Crippen LogP contribution in [0.3, 0.4) is 0 Å². The standard InChI is InChI=1S/C11H16N4OS/c1-11(2,6-8(12)16)15-9-5-3-4-7(14-9)10(13)17/h3-5H,6H2,1-2H3,(H2,12,16)(H2,13,17)(H,14,15). The fraction of sp³-hybridized carbons (Fsp3) is 0.364. The van der Waals surface area contributed by atoms with E-state index in [4.69, 9.17) is 23.7 Å². The molecule has 0 atom stereocenters. The van der Waals surface area contributed by atoms with Crippen molar-refractivity contribution in [3.63, 3.8) is 0 Å². The monoisotopic (exact) mass is 252 g/mol. The molecule has 0 saturated heterocycles. The van der Waals surface area contributed by atoms with Crippen LogP contribution in [0.25, 0.3) is 0 Å². The van der Waals surface area contributed by atoms with E-state index < -0.39 is 5.54 Å². The van der Waals surface area contributed by atoms with Gasteiger partial charge in [0.25, 0.3) is 0 Å². The molecule has 0 radical (unpaired) electrons. The van der Waals surface area contributed by atoms with Gasteiger partial charge in [0, 0.05) is 12.0 Å². The van der Waals surface area contributed by atoms with E-state index in [0.29, 0.717) is 11.5 Å². The van der Waals surface area contributed by atoms with E-state index in [1.54, 1.807) is 18.2 Å². The third-order valence-corrected chi connectivity index (χ3v) is 2.29. The van der Waals surface area contributed by atoms with Crippen molar-refractivity contribution in [1.29, 1.82) is 0 Å². The number of aromatic nitrogens is 1. The molecular weight excluding hydrogens is 236 g/mol. The number of carbonyl (C=O) groups excluding carboxylic acids is 1. The van der Waals surface area contributed by atoms with Crippen LogP contribution in [0.2, 0.25) is 0 Å². The Bertz CT molecular complexity index is 445. The first-order chi connectivity index (χ1) is 7.80. The minimum Gasteiger partial charge on any atom is -0.388 e. The van der Waals surface area contributed by atoms with Gasteiger partial charge in [0.2, 0.25) is 5.91 Å². The molecule has 1 aromatic rings. The summed E-state index contributed by atoms with van der Waals surface area (Å²) < 4.78 is 0. The molecule has 1 amide bonds. The van der Waals surface area contributed by atoms with E-state index in [1.807, 2.05) is 13.8 Å². The summed E-state index contributed by atoms with van der Waals surface area (Å²) in [6.45, 7) is 3.74. The summed E-state index contributed by atoms with van der Waals surface area (Å²) in [5.74, 6) is 0.245. The lowest BCUT2D eigenvalue weighted by Crippen LogP contribution is -2.36. The SMILES string of the molecule is CC(C)(CC(N)=O)Nc1cccc(C(N)=S)n1. The van der Waals surface area contributed by atoms with E-state index >= 15 is 0 Å². The Morgan fingerprint density at radius 1 is 1.47 bits per heavy atom. The van der Waals surface area contributed by atoms with E-state index in [9.17, 15) is 4.79 Å². The highest BCUT2D eigenvalue weighted by molar-refractivity contribution is 7.80. The molecule has 0 saturated carbocycles. The molecule has 0 aromatic carbocycles. The van der Waals surface area contributed by atoms with Crippen LogP contribution in [-0.4, -0.2) is 21.4 Å². The van der Waals surface area contributed by atoms with Gasteiger partial charge in [-0.3, -0.25) is 4.79 Å². The first-order valence-corrected chi connectivity index (χ1v) is 5.54. The first-order valence-electron chi connectivity index (χ1n) is 5.13. The Balaban J connectivity index is 2.84. The molecule has 0 aliphatic carbocycles. The summed E-state index contributed by atoms with van der Waals surface area (Å²) in [6.07, 6.45) is 0.214. The van der Waals surface area contributed by atoms with Crippen LogP contribution in [0, 0.1) is 0 Å². The van der Waals surface area contributed by atoms with Crippen LogP contribution in [0.15, 0.2) is 18.2 Å². The van der Waals surface area contributed by atoms with Gasteiger partial charge in [-0.25, -0.2) is 4.98 Å². The van der Waals surface area contributed by atoms with Crippen molar-refractivity contribution in [2.45, 2.75) is 25.8 Å². The van der Waals surface area contributed by atoms with Crippen LogP contribution < -0.4 is 16.8 Å². The molecule has 1 rings (SSSR count). The van der Waals surface area contributed by atoms with Gasteiger partial charge in [-0.15, -0.1) is 0 Å². The molecule has 1 aromatic heterocycles. The Kier molecular flexibility index (Phi) is 4.01. The molecule has 0 aliphatic heterocycles. The maximum atomic E-state index is 10.9. The molecule has 92 valence electrons. The lowest BCUT2D eigenvalue weighted by atomic mass is 10.0. The van der Waals surface area contributed by atoms with Gasteiger partial charge in [0.05, 0.1) is 5.69 Å². The zero-order valence-electron chi connectivity index (χ0n) is 9.86. The summed E-state index contributed by atoms with van der Waals surface area (Å²) >= 11 is 4.85. The second kappa shape index (κ2) is 5.09. The number of carbonyl (C=O) groups is 1. The smallest absolute Gasteiger partial charge is 0.219 e. The number of nitrogens with two attached hydrogens (primary N) is 2. The third kappa shape index (κ3) is 4.36. The summed E-state index contributed by atoms with van der Waals surface area (Å²) in [4.78, 5) is 15.4. The number of nitrogens with one attached hydrogen (secondary N) is 1. The van der Waals surface area contributed by atoms with Crippen LogP contribution in [0.5, 0.6) is 0 Å². The average molecular weight is 252 g/mol. The summed E-state index contributed by atoms with van der Waals surface area (Å²) in [7, 11) is 0. The highest BCUT2D eigenvalue weighted by Crippen LogP contribution is 2.16. The lowest BCUT2D eigenvalue weighted by Gasteiger charge is -2.25. The number of pyridine rings is 1. The van der Waals surface area contributed by atoms with Crippen molar-refractivity contribution < 1.29 is 4.79 Å². The second-order valence-corrected chi connectivity index (χ2v) is 4.86. The normalized spacial score (nSPS) is 10.9. The highest BCUT2D eigenvalue weighted by atomic mass is 32.1. The fourth-order valence-corrected chi connectivity index (χ4v) is 1.58. The first kappa shape index (κ1) is 13.4. The number of rotatable bonds is 5. The van der Waals surface area contributed by atoms with Gasteiger partial charge >= 0.3 is 0 Å². The highest BCUT2D eigenvalue weighted by Gasteiger charge is 2.20. The largest absolute Gasteiger partial charge is 0.388 e. The quantitative estimate of drug-likeness (QED) is 0.673. The Labute approximate surface area is 106 Å². The number of primary amides is 1. The fourth-order valence-electron chi connectivity index (χ4n) is 1.47.